The summed E-state index contributed by atoms with van der Waals surface area (Å²) in [5.41, 5.74) is 3.19. The standard InChI is InChI=1S/C17H21N3OS/c1-3-12(2)14-6-4-5-7-15(14)19-16(21)10-13-11-22-17-18-8-9-20(13)17/h4-7,11-12H,3,8-10H2,1-2H3,(H,19,21). The number of para-hydroxylation sites is 1. The highest BCUT2D eigenvalue weighted by Crippen LogP contribution is 2.31. The van der Waals surface area contributed by atoms with Gasteiger partial charge in [-0.2, -0.15) is 0 Å². The van der Waals surface area contributed by atoms with Gasteiger partial charge in [-0.05, 0) is 29.4 Å². The fourth-order valence-corrected chi connectivity index (χ4v) is 3.69. The Balaban J connectivity index is 1.67. The van der Waals surface area contributed by atoms with Crippen molar-refractivity contribution in [3.05, 3.63) is 40.9 Å². The van der Waals surface area contributed by atoms with Gasteiger partial charge in [0.05, 0.1) is 13.0 Å². The molecule has 0 aromatic heterocycles. The van der Waals surface area contributed by atoms with Gasteiger partial charge in [-0.1, -0.05) is 43.8 Å². The van der Waals surface area contributed by atoms with Crippen molar-refractivity contribution < 1.29 is 4.79 Å². The Bertz CT molecular complexity index is 639. The fourth-order valence-electron chi connectivity index (χ4n) is 2.73. The summed E-state index contributed by atoms with van der Waals surface area (Å²) in [6, 6.07) is 8.08. The fraction of sp³-hybridized carbons (Fsp3) is 0.412. The van der Waals surface area contributed by atoms with E-state index >= 15 is 0 Å². The molecule has 0 spiro atoms. The van der Waals surface area contributed by atoms with Crippen LogP contribution in [0.5, 0.6) is 0 Å². The van der Waals surface area contributed by atoms with Gasteiger partial charge in [0.2, 0.25) is 5.91 Å². The molecule has 2 heterocycles. The molecule has 0 radical (unpaired) electrons. The zero-order valence-corrected chi connectivity index (χ0v) is 13.8. The van der Waals surface area contributed by atoms with Crippen LogP contribution in [0, 0.1) is 0 Å². The number of rotatable bonds is 5. The molecule has 1 amide bonds. The summed E-state index contributed by atoms with van der Waals surface area (Å²) in [4.78, 5) is 18.9. The van der Waals surface area contributed by atoms with E-state index in [1.165, 1.54) is 5.56 Å². The highest BCUT2D eigenvalue weighted by molar-refractivity contribution is 8.16. The average molecular weight is 315 g/mol. The minimum absolute atomic E-state index is 0.0377. The van der Waals surface area contributed by atoms with Crippen LogP contribution in [0.25, 0.3) is 0 Å². The molecule has 1 aromatic carbocycles. The molecule has 4 nitrogen and oxygen atoms in total. The number of thioether (sulfide) groups is 1. The number of amides is 1. The molecule has 1 unspecified atom stereocenters. The van der Waals surface area contributed by atoms with Crippen LogP contribution in [-0.4, -0.2) is 29.1 Å². The van der Waals surface area contributed by atoms with Crippen molar-refractivity contribution >= 4 is 28.5 Å². The third kappa shape index (κ3) is 3.04. The van der Waals surface area contributed by atoms with Crippen molar-refractivity contribution in [3.63, 3.8) is 0 Å². The minimum Gasteiger partial charge on any atom is -0.325 e. The predicted molar refractivity (Wildman–Crippen MR) is 93.1 cm³/mol. The van der Waals surface area contributed by atoms with Crippen LogP contribution in [0.3, 0.4) is 0 Å². The molecule has 0 fully saturated rings. The lowest BCUT2D eigenvalue weighted by Crippen LogP contribution is -2.24. The number of carbonyl (C=O) groups is 1. The summed E-state index contributed by atoms with van der Waals surface area (Å²) >= 11 is 1.61. The van der Waals surface area contributed by atoms with Crippen LogP contribution >= 0.6 is 11.8 Å². The van der Waals surface area contributed by atoms with E-state index in [1.807, 2.05) is 23.6 Å². The van der Waals surface area contributed by atoms with E-state index in [-0.39, 0.29) is 5.91 Å². The number of hydrogen-bond donors (Lipinski definition) is 1. The maximum absolute atomic E-state index is 12.4. The van der Waals surface area contributed by atoms with Crippen molar-refractivity contribution in [1.82, 2.24) is 4.90 Å². The maximum atomic E-state index is 12.4. The largest absolute Gasteiger partial charge is 0.325 e. The van der Waals surface area contributed by atoms with Crippen LogP contribution < -0.4 is 5.32 Å². The Hall–Kier alpha value is -1.75. The highest BCUT2D eigenvalue weighted by Gasteiger charge is 2.27. The summed E-state index contributed by atoms with van der Waals surface area (Å²) in [5, 5.41) is 6.15. The number of fused-ring (bicyclic) bond motifs is 1. The van der Waals surface area contributed by atoms with Crippen LogP contribution in [0.15, 0.2) is 40.4 Å². The first-order valence-electron chi connectivity index (χ1n) is 7.75. The second-order valence-electron chi connectivity index (χ2n) is 5.66. The lowest BCUT2D eigenvalue weighted by atomic mass is 9.97. The van der Waals surface area contributed by atoms with E-state index < -0.39 is 0 Å². The van der Waals surface area contributed by atoms with Gasteiger partial charge >= 0.3 is 0 Å². The molecular weight excluding hydrogens is 294 g/mol. The van der Waals surface area contributed by atoms with E-state index in [0.29, 0.717) is 12.3 Å². The van der Waals surface area contributed by atoms with E-state index in [4.69, 9.17) is 0 Å². The molecule has 0 bridgehead atoms. The summed E-state index contributed by atoms with van der Waals surface area (Å²) in [7, 11) is 0. The molecule has 5 heteroatoms. The maximum Gasteiger partial charge on any atom is 0.230 e. The molecule has 1 aromatic rings. The van der Waals surface area contributed by atoms with Gasteiger partial charge in [0, 0.05) is 17.9 Å². The van der Waals surface area contributed by atoms with E-state index in [2.05, 4.69) is 35.1 Å². The number of benzene rings is 1. The highest BCUT2D eigenvalue weighted by atomic mass is 32.2. The second kappa shape index (κ2) is 6.57. The minimum atomic E-state index is 0.0377. The second-order valence-corrected chi connectivity index (χ2v) is 6.50. The van der Waals surface area contributed by atoms with Gasteiger partial charge in [-0.25, -0.2) is 0 Å². The van der Waals surface area contributed by atoms with E-state index in [0.717, 1.165) is 36.1 Å². The summed E-state index contributed by atoms with van der Waals surface area (Å²) in [6.07, 6.45) is 1.46. The van der Waals surface area contributed by atoms with Gasteiger partial charge in [-0.15, -0.1) is 0 Å². The first-order valence-corrected chi connectivity index (χ1v) is 8.63. The number of aliphatic imine (C=N–C) groups is 1. The molecule has 116 valence electrons. The SMILES string of the molecule is CCC(C)c1ccccc1NC(=O)CC1=CSC2=NCCN12. The third-order valence-electron chi connectivity index (χ3n) is 4.17. The van der Waals surface area contributed by atoms with E-state index in [1.54, 1.807) is 11.8 Å². The van der Waals surface area contributed by atoms with Crippen LogP contribution in [0.1, 0.15) is 38.2 Å². The number of carbonyl (C=O) groups excluding carboxylic acids is 1. The van der Waals surface area contributed by atoms with Crippen molar-refractivity contribution in [2.24, 2.45) is 4.99 Å². The molecular formula is C17H21N3OS. The Morgan fingerprint density at radius 1 is 1.45 bits per heavy atom. The number of anilines is 1. The smallest absolute Gasteiger partial charge is 0.230 e. The molecule has 1 atom stereocenters. The van der Waals surface area contributed by atoms with Crippen molar-refractivity contribution in [3.8, 4) is 0 Å². The predicted octanol–water partition coefficient (Wildman–Crippen LogP) is 3.79. The quantitative estimate of drug-likeness (QED) is 0.899. The Morgan fingerprint density at radius 3 is 3.09 bits per heavy atom. The number of nitrogens with zero attached hydrogens (tertiary/aromatic N) is 2. The number of amidine groups is 1. The molecule has 0 saturated heterocycles. The van der Waals surface area contributed by atoms with Crippen molar-refractivity contribution in [2.75, 3.05) is 18.4 Å². The summed E-state index contributed by atoms with van der Waals surface area (Å²) in [5.74, 6) is 0.478. The van der Waals surface area contributed by atoms with Crippen molar-refractivity contribution in [1.29, 1.82) is 0 Å². The van der Waals surface area contributed by atoms with Gasteiger partial charge in [0.15, 0.2) is 5.17 Å². The average Bonchev–Trinajstić information content (AvgIpc) is 3.12. The first kappa shape index (κ1) is 15.2. The zero-order valence-electron chi connectivity index (χ0n) is 13.0. The van der Waals surface area contributed by atoms with Gasteiger partial charge in [-0.3, -0.25) is 9.79 Å². The molecule has 2 aliphatic rings. The van der Waals surface area contributed by atoms with Gasteiger partial charge in [0.1, 0.15) is 0 Å². The van der Waals surface area contributed by atoms with E-state index in [9.17, 15) is 4.79 Å². The topological polar surface area (TPSA) is 44.7 Å². The molecule has 0 aliphatic carbocycles. The number of hydrogen-bond acceptors (Lipinski definition) is 4. The first-order chi connectivity index (χ1) is 10.7. The lowest BCUT2D eigenvalue weighted by Gasteiger charge is -2.18. The van der Waals surface area contributed by atoms with Crippen LogP contribution in [0.4, 0.5) is 5.69 Å². The van der Waals surface area contributed by atoms with Crippen LogP contribution in [-0.2, 0) is 4.79 Å². The molecule has 2 aliphatic heterocycles. The Morgan fingerprint density at radius 2 is 2.27 bits per heavy atom. The molecule has 1 N–H and O–H groups in total. The monoisotopic (exact) mass is 315 g/mol. The normalized spacial score (nSPS) is 17.8. The summed E-state index contributed by atoms with van der Waals surface area (Å²) in [6.45, 7) is 6.08. The Kier molecular flexibility index (Phi) is 4.52. The number of nitrogens with one attached hydrogen (secondary N) is 1. The molecule has 3 rings (SSSR count). The Labute approximate surface area is 135 Å². The third-order valence-corrected chi connectivity index (χ3v) is 5.12. The van der Waals surface area contributed by atoms with Gasteiger partial charge in [0.25, 0.3) is 0 Å². The zero-order chi connectivity index (χ0) is 15.5. The van der Waals surface area contributed by atoms with Gasteiger partial charge < -0.3 is 10.2 Å². The lowest BCUT2D eigenvalue weighted by molar-refractivity contribution is -0.115. The molecule has 0 saturated carbocycles. The molecule has 22 heavy (non-hydrogen) atoms. The van der Waals surface area contributed by atoms with Crippen LogP contribution in [0.2, 0.25) is 0 Å². The van der Waals surface area contributed by atoms with Crippen molar-refractivity contribution in [2.45, 2.75) is 32.6 Å². The summed E-state index contributed by atoms with van der Waals surface area (Å²) < 4.78 is 0.